The largest absolute Gasteiger partial charge is 0.355 e. The van der Waals surface area contributed by atoms with Crippen LogP contribution in [-0.2, 0) is 7.05 Å². The zero-order valence-electron chi connectivity index (χ0n) is 8.69. The van der Waals surface area contributed by atoms with Crippen molar-refractivity contribution in [3.05, 3.63) is 12.3 Å². The van der Waals surface area contributed by atoms with Crippen molar-refractivity contribution in [2.75, 3.05) is 24.5 Å². The molecule has 0 unspecified atom stereocenters. The van der Waals surface area contributed by atoms with E-state index in [4.69, 9.17) is 5.73 Å². The van der Waals surface area contributed by atoms with Gasteiger partial charge in [-0.15, -0.1) is 0 Å². The van der Waals surface area contributed by atoms with E-state index in [0.717, 1.165) is 31.4 Å². The highest BCUT2D eigenvalue weighted by Gasteiger charge is 2.19. The number of piperidine rings is 1. The fraction of sp³-hybridized carbons (Fsp3) is 0.700. The maximum absolute atomic E-state index is 5.65. The van der Waals surface area contributed by atoms with Crippen LogP contribution in [0, 0.1) is 5.92 Å². The van der Waals surface area contributed by atoms with Crippen LogP contribution in [0.15, 0.2) is 12.3 Å². The molecular formula is C10H18N4. The molecule has 2 rings (SSSR count). The Kier molecular flexibility index (Phi) is 2.72. The Morgan fingerprint density at radius 1 is 1.50 bits per heavy atom. The third-order valence-corrected chi connectivity index (χ3v) is 2.97. The number of hydrogen-bond donors (Lipinski definition) is 1. The molecule has 2 heterocycles. The lowest BCUT2D eigenvalue weighted by molar-refractivity contribution is 0.412. The van der Waals surface area contributed by atoms with E-state index in [9.17, 15) is 0 Å². The number of hydrogen-bond acceptors (Lipinski definition) is 3. The van der Waals surface area contributed by atoms with Gasteiger partial charge in [0.2, 0.25) is 0 Å². The highest BCUT2D eigenvalue weighted by molar-refractivity contribution is 5.37. The molecule has 1 aliphatic rings. The number of nitrogens with two attached hydrogens (primary N) is 1. The van der Waals surface area contributed by atoms with Crippen LogP contribution in [-0.4, -0.2) is 29.4 Å². The Bertz CT molecular complexity index is 286. The van der Waals surface area contributed by atoms with Crippen molar-refractivity contribution in [2.45, 2.75) is 12.8 Å². The monoisotopic (exact) mass is 194 g/mol. The summed E-state index contributed by atoms with van der Waals surface area (Å²) in [5.41, 5.74) is 5.65. The molecule has 0 aliphatic carbocycles. The summed E-state index contributed by atoms with van der Waals surface area (Å²) in [6.45, 7) is 3.02. The van der Waals surface area contributed by atoms with E-state index in [1.165, 1.54) is 12.8 Å². The molecule has 1 aliphatic heterocycles. The molecule has 4 nitrogen and oxygen atoms in total. The van der Waals surface area contributed by atoms with E-state index in [1.54, 1.807) is 0 Å². The lowest BCUT2D eigenvalue weighted by Gasteiger charge is -2.31. The van der Waals surface area contributed by atoms with Gasteiger partial charge < -0.3 is 10.6 Å². The van der Waals surface area contributed by atoms with E-state index >= 15 is 0 Å². The number of aryl methyl sites for hydroxylation is 1. The summed E-state index contributed by atoms with van der Waals surface area (Å²) in [5, 5.41) is 4.40. The minimum Gasteiger partial charge on any atom is -0.355 e. The van der Waals surface area contributed by atoms with Crippen LogP contribution in [0.2, 0.25) is 0 Å². The minimum atomic E-state index is 0.718. The molecule has 1 aromatic rings. The molecule has 0 aromatic carbocycles. The van der Waals surface area contributed by atoms with Crippen molar-refractivity contribution in [2.24, 2.45) is 18.7 Å². The first-order chi connectivity index (χ1) is 6.79. The predicted molar refractivity (Wildman–Crippen MR) is 57.2 cm³/mol. The summed E-state index contributed by atoms with van der Waals surface area (Å²) in [6, 6.07) is 2.07. The van der Waals surface area contributed by atoms with Gasteiger partial charge in [0.1, 0.15) is 0 Å². The lowest BCUT2D eigenvalue weighted by atomic mass is 9.97. The van der Waals surface area contributed by atoms with Crippen molar-refractivity contribution in [3.63, 3.8) is 0 Å². The number of anilines is 1. The van der Waals surface area contributed by atoms with Crippen molar-refractivity contribution in [1.29, 1.82) is 0 Å². The van der Waals surface area contributed by atoms with Crippen LogP contribution in [0.5, 0.6) is 0 Å². The zero-order valence-corrected chi connectivity index (χ0v) is 8.69. The fourth-order valence-corrected chi connectivity index (χ4v) is 1.97. The van der Waals surface area contributed by atoms with Gasteiger partial charge in [-0.05, 0) is 25.3 Å². The molecule has 78 valence electrons. The highest BCUT2D eigenvalue weighted by Crippen LogP contribution is 2.20. The summed E-state index contributed by atoms with van der Waals surface area (Å²) < 4.78 is 1.85. The Morgan fingerprint density at radius 3 is 2.71 bits per heavy atom. The van der Waals surface area contributed by atoms with E-state index < -0.39 is 0 Å². The standard InChI is InChI=1S/C10H18N4/c1-13-5-4-10(12-13)14-6-2-9(8-11)3-7-14/h4-5,9H,2-3,6-8,11H2,1H3. The third-order valence-electron chi connectivity index (χ3n) is 2.97. The van der Waals surface area contributed by atoms with Gasteiger partial charge in [0.05, 0.1) is 0 Å². The summed E-state index contributed by atoms with van der Waals surface area (Å²) in [5.74, 6) is 1.82. The Balaban J connectivity index is 1.95. The molecule has 14 heavy (non-hydrogen) atoms. The molecule has 0 saturated carbocycles. The quantitative estimate of drug-likeness (QED) is 0.749. The Hall–Kier alpha value is -1.03. The van der Waals surface area contributed by atoms with Gasteiger partial charge in [-0.25, -0.2) is 0 Å². The van der Waals surface area contributed by atoms with E-state index in [0.29, 0.717) is 0 Å². The lowest BCUT2D eigenvalue weighted by Crippen LogP contribution is -2.36. The third kappa shape index (κ3) is 1.90. The summed E-state index contributed by atoms with van der Waals surface area (Å²) >= 11 is 0. The first-order valence-electron chi connectivity index (χ1n) is 5.24. The van der Waals surface area contributed by atoms with Crippen molar-refractivity contribution >= 4 is 5.82 Å². The average molecular weight is 194 g/mol. The first kappa shape index (κ1) is 9.52. The first-order valence-corrected chi connectivity index (χ1v) is 5.24. The molecule has 1 fully saturated rings. The van der Waals surface area contributed by atoms with Crippen LogP contribution in [0.3, 0.4) is 0 Å². The second-order valence-electron chi connectivity index (χ2n) is 4.01. The minimum absolute atomic E-state index is 0.718. The van der Waals surface area contributed by atoms with Gasteiger partial charge in [0.25, 0.3) is 0 Å². The van der Waals surface area contributed by atoms with E-state index in [-0.39, 0.29) is 0 Å². The van der Waals surface area contributed by atoms with E-state index in [2.05, 4.69) is 16.1 Å². The SMILES string of the molecule is Cn1ccc(N2CCC(CN)CC2)n1. The zero-order chi connectivity index (χ0) is 9.97. The summed E-state index contributed by atoms with van der Waals surface area (Å²) in [6.07, 6.45) is 4.39. The van der Waals surface area contributed by atoms with Crippen LogP contribution in [0.4, 0.5) is 5.82 Å². The molecule has 0 atom stereocenters. The van der Waals surface area contributed by atoms with Crippen molar-refractivity contribution < 1.29 is 0 Å². The average Bonchev–Trinajstić information content (AvgIpc) is 2.65. The maximum atomic E-state index is 5.65. The second kappa shape index (κ2) is 4.00. The number of nitrogens with zero attached hydrogens (tertiary/aromatic N) is 3. The van der Waals surface area contributed by atoms with E-state index in [1.807, 2.05) is 17.9 Å². The summed E-state index contributed by atoms with van der Waals surface area (Å²) in [4.78, 5) is 2.34. The van der Waals surface area contributed by atoms with Crippen LogP contribution in [0.1, 0.15) is 12.8 Å². The van der Waals surface area contributed by atoms with Crippen LogP contribution in [0.25, 0.3) is 0 Å². The molecule has 0 radical (unpaired) electrons. The molecule has 1 aromatic heterocycles. The molecule has 0 bridgehead atoms. The molecule has 4 heteroatoms. The molecule has 2 N–H and O–H groups in total. The van der Waals surface area contributed by atoms with Crippen molar-refractivity contribution in [1.82, 2.24) is 9.78 Å². The van der Waals surface area contributed by atoms with Gasteiger partial charge in [-0.1, -0.05) is 0 Å². The summed E-state index contributed by atoms with van der Waals surface area (Å²) in [7, 11) is 1.95. The Morgan fingerprint density at radius 2 is 2.21 bits per heavy atom. The maximum Gasteiger partial charge on any atom is 0.150 e. The topological polar surface area (TPSA) is 47.1 Å². The number of rotatable bonds is 2. The van der Waals surface area contributed by atoms with Gasteiger partial charge in [0, 0.05) is 32.4 Å². The smallest absolute Gasteiger partial charge is 0.150 e. The van der Waals surface area contributed by atoms with Gasteiger partial charge in [-0.3, -0.25) is 4.68 Å². The normalized spacial score (nSPS) is 18.9. The molecular weight excluding hydrogens is 176 g/mol. The van der Waals surface area contributed by atoms with Gasteiger partial charge in [0.15, 0.2) is 5.82 Å². The fourth-order valence-electron chi connectivity index (χ4n) is 1.97. The second-order valence-corrected chi connectivity index (χ2v) is 4.01. The van der Waals surface area contributed by atoms with Crippen molar-refractivity contribution in [3.8, 4) is 0 Å². The van der Waals surface area contributed by atoms with Gasteiger partial charge >= 0.3 is 0 Å². The van der Waals surface area contributed by atoms with Gasteiger partial charge in [-0.2, -0.15) is 5.10 Å². The molecule has 0 amide bonds. The highest BCUT2D eigenvalue weighted by atomic mass is 15.3. The Labute approximate surface area is 84.7 Å². The molecule has 0 spiro atoms. The van der Waals surface area contributed by atoms with Crippen LogP contribution >= 0.6 is 0 Å². The number of aromatic nitrogens is 2. The van der Waals surface area contributed by atoms with Crippen LogP contribution < -0.4 is 10.6 Å². The predicted octanol–water partition coefficient (Wildman–Crippen LogP) is 0.595. The molecule has 1 saturated heterocycles.